The number of hydroxylamine groups is 2. The average Bonchev–Trinajstić information content (AvgIpc) is 4.01. The minimum Gasteiger partial charge on any atom is -0.444 e. The lowest BCUT2D eigenvalue weighted by molar-refractivity contribution is -0.198. The van der Waals surface area contributed by atoms with Crippen LogP contribution in [0.25, 0.3) is 23.3 Å². The van der Waals surface area contributed by atoms with E-state index in [2.05, 4.69) is 37.2 Å². The van der Waals surface area contributed by atoms with E-state index in [4.69, 9.17) is 23.9 Å². The van der Waals surface area contributed by atoms with Gasteiger partial charge in [-0.25, -0.2) is 55.2 Å². The fourth-order valence-electron chi connectivity index (χ4n) is 6.27. The summed E-state index contributed by atoms with van der Waals surface area (Å²) < 4.78 is 70.3. The molecule has 2 aliphatic rings. The summed E-state index contributed by atoms with van der Waals surface area (Å²) in [6.45, 7) is 6.53. The van der Waals surface area contributed by atoms with Gasteiger partial charge in [0.25, 0.3) is 31.9 Å². The quantitative estimate of drug-likeness (QED) is 0.0714. The lowest BCUT2D eigenvalue weighted by Crippen LogP contribution is -2.32. The van der Waals surface area contributed by atoms with Crippen molar-refractivity contribution in [3.8, 4) is 11.1 Å². The maximum Gasteiger partial charge on any atom is 0.413 e. The zero-order valence-corrected chi connectivity index (χ0v) is 40.1. The molecule has 2 aromatic carbocycles. The molecule has 0 spiro atoms. The molecular weight excluding hydrogens is 973 g/mol. The van der Waals surface area contributed by atoms with Crippen molar-refractivity contribution < 1.29 is 55.1 Å². The van der Waals surface area contributed by atoms with Crippen LogP contribution in [0.5, 0.6) is 0 Å². The monoisotopic (exact) mass is 1020 g/mol. The molecule has 0 saturated carbocycles. The first-order chi connectivity index (χ1) is 31.9. The third kappa shape index (κ3) is 15.3. The van der Waals surface area contributed by atoms with Gasteiger partial charge in [-0.1, -0.05) is 28.1 Å². The number of halogens is 1. The lowest BCUT2D eigenvalue weighted by Gasteiger charge is -2.21. The lowest BCUT2D eigenvalue weighted by atomic mass is 10.1. The summed E-state index contributed by atoms with van der Waals surface area (Å²) in [6, 6.07) is 19.3. The highest BCUT2D eigenvalue weighted by Gasteiger charge is 2.20. The SMILES string of the molecule is CC(C)(C)OC(=O)Nc1ccc(-c2ccc(S(=O)(=O)n3ccc(C=CC(=O)NOC4CCCCO4)c3)cc2)cn1.O=C(C=Cc1ccn(S(=O)(=O)c2ccc(Br)cc2)c1)NOC1CCCCO1. The van der Waals surface area contributed by atoms with Crippen LogP contribution in [0.15, 0.2) is 130 Å². The summed E-state index contributed by atoms with van der Waals surface area (Å²) >= 11 is 3.28. The largest absolute Gasteiger partial charge is 0.444 e. The predicted octanol–water partition coefficient (Wildman–Crippen LogP) is 7.80. The molecule has 7 rings (SSSR count). The maximum absolute atomic E-state index is 13.1. The zero-order chi connectivity index (χ0) is 48.0. The maximum atomic E-state index is 13.1. The van der Waals surface area contributed by atoms with Gasteiger partial charge in [0, 0.05) is 79.2 Å². The zero-order valence-electron chi connectivity index (χ0n) is 36.9. The highest BCUT2D eigenvalue weighted by molar-refractivity contribution is 9.10. The van der Waals surface area contributed by atoms with E-state index in [1.54, 1.807) is 75.5 Å². The molecule has 2 fully saturated rings. The van der Waals surface area contributed by atoms with E-state index in [0.717, 1.165) is 55.6 Å². The molecule has 0 aliphatic carbocycles. The summed E-state index contributed by atoms with van der Waals surface area (Å²) in [7, 11) is -7.53. The Hall–Kier alpha value is -5.94. The molecule has 2 saturated heterocycles. The molecule has 3 amide bonds. The number of nitrogens with zero attached hydrogens (tertiary/aromatic N) is 3. The number of benzene rings is 2. The number of carbonyl (C=O) groups is 3. The molecule has 2 aliphatic heterocycles. The minimum absolute atomic E-state index is 0.0946. The van der Waals surface area contributed by atoms with E-state index in [9.17, 15) is 31.2 Å². The van der Waals surface area contributed by atoms with E-state index in [-0.39, 0.29) is 9.79 Å². The van der Waals surface area contributed by atoms with Gasteiger partial charge in [-0.2, -0.15) is 0 Å². The fourth-order valence-corrected chi connectivity index (χ4v) is 8.94. The van der Waals surface area contributed by atoms with Gasteiger partial charge in [0.2, 0.25) is 0 Å². The van der Waals surface area contributed by atoms with Crippen molar-refractivity contribution in [3.05, 3.63) is 132 Å². The Morgan fingerprint density at radius 2 is 1.16 bits per heavy atom. The molecule has 18 nitrogen and oxygen atoms in total. The first-order valence-electron chi connectivity index (χ1n) is 21.1. The van der Waals surface area contributed by atoms with E-state index in [0.29, 0.717) is 36.6 Å². The summed E-state index contributed by atoms with van der Waals surface area (Å²) in [4.78, 5) is 50.7. The second-order valence-electron chi connectivity index (χ2n) is 16.0. The van der Waals surface area contributed by atoms with Crippen LogP contribution in [0.1, 0.15) is 70.4 Å². The van der Waals surface area contributed by atoms with Gasteiger partial charge in [-0.15, -0.1) is 0 Å². The Morgan fingerprint density at radius 1 is 0.687 bits per heavy atom. The number of aromatic nitrogens is 3. The Bertz CT molecular complexity index is 2740. The molecule has 0 radical (unpaired) electrons. The molecule has 3 aromatic heterocycles. The number of amides is 3. The molecule has 0 bridgehead atoms. The third-order valence-electron chi connectivity index (χ3n) is 9.64. The Balaban J connectivity index is 0.000000238. The van der Waals surface area contributed by atoms with Gasteiger partial charge in [-0.3, -0.25) is 14.9 Å². The Morgan fingerprint density at radius 3 is 1.60 bits per heavy atom. The van der Waals surface area contributed by atoms with Crippen LogP contribution < -0.4 is 16.3 Å². The van der Waals surface area contributed by atoms with Gasteiger partial charge in [0.15, 0.2) is 12.6 Å². The molecule has 2 atom stereocenters. The highest BCUT2D eigenvalue weighted by Crippen LogP contribution is 2.24. The number of pyridine rings is 1. The van der Waals surface area contributed by atoms with E-state index < -0.39 is 56.1 Å². The Labute approximate surface area is 397 Å². The minimum atomic E-state index is -3.85. The van der Waals surface area contributed by atoms with E-state index in [1.807, 2.05) is 0 Å². The number of hydrogen-bond donors (Lipinski definition) is 3. The first-order valence-corrected chi connectivity index (χ1v) is 24.8. The van der Waals surface area contributed by atoms with Crippen LogP contribution in [0, 0.1) is 0 Å². The molecule has 5 aromatic rings. The number of anilines is 1. The summed E-state index contributed by atoms with van der Waals surface area (Å²) in [6.07, 6.45) is 16.7. The van der Waals surface area contributed by atoms with Crippen LogP contribution in [0.3, 0.4) is 0 Å². The molecule has 2 unspecified atom stereocenters. The standard InChI is InChI=1S/C28H32N4O7S.C18H19BrN2O5S/c1-28(2,3)38-27(34)30-24-13-10-22(18-29-24)21-8-11-23(12-9-21)40(35,36)32-16-15-20(19-32)7-14-25(33)31-39-26-6-4-5-17-37-26;19-15-5-7-16(8-6-15)27(23,24)21-11-10-14(13-21)4-9-17(22)20-26-18-3-1-2-12-25-18/h7-16,18-19,26H,4-6,17H2,1-3H3,(H,31,33)(H,29,30,34);4-11,13,18H,1-3,12H2,(H,20,22). The normalized spacial score (nSPS) is 16.8. The molecule has 67 heavy (non-hydrogen) atoms. The van der Waals surface area contributed by atoms with Gasteiger partial charge in [0.05, 0.1) is 9.79 Å². The number of nitrogens with one attached hydrogen (secondary N) is 3. The average molecular weight is 1020 g/mol. The molecule has 21 heteroatoms. The van der Waals surface area contributed by atoms with Crippen LogP contribution >= 0.6 is 15.9 Å². The van der Waals surface area contributed by atoms with Crippen molar-refractivity contribution in [3.63, 3.8) is 0 Å². The van der Waals surface area contributed by atoms with Crippen molar-refractivity contribution in [1.29, 1.82) is 0 Å². The van der Waals surface area contributed by atoms with Crippen LogP contribution in [0.2, 0.25) is 0 Å². The first kappa shape index (κ1) is 50.5. The predicted molar refractivity (Wildman–Crippen MR) is 251 cm³/mol. The third-order valence-corrected chi connectivity index (χ3v) is 13.5. The number of ether oxygens (including phenoxy) is 3. The van der Waals surface area contributed by atoms with Crippen LogP contribution in [-0.4, -0.2) is 79.1 Å². The number of hydrogen-bond acceptors (Lipinski definition) is 13. The van der Waals surface area contributed by atoms with Crippen molar-refractivity contribution in [2.24, 2.45) is 0 Å². The molecule has 3 N–H and O–H groups in total. The number of rotatable bonds is 14. The van der Waals surface area contributed by atoms with Crippen LogP contribution in [0.4, 0.5) is 10.6 Å². The summed E-state index contributed by atoms with van der Waals surface area (Å²) in [5.74, 6) is -0.603. The van der Waals surface area contributed by atoms with Crippen molar-refractivity contribution in [2.45, 2.75) is 87.3 Å². The molecular formula is C46H51BrN6O12S2. The van der Waals surface area contributed by atoms with Gasteiger partial charge >= 0.3 is 6.09 Å². The second-order valence-corrected chi connectivity index (χ2v) is 20.6. The van der Waals surface area contributed by atoms with Gasteiger partial charge in [-0.05, 0) is 136 Å². The topological polar surface area (TPSA) is 224 Å². The van der Waals surface area contributed by atoms with Crippen molar-refractivity contribution in [1.82, 2.24) is 23.9 Å². The highest BCUT2D eigenvalue weighted by atomic mass is 79.9. The second kappa shape index (κ2) is 23.2. The Kier molecular flexibility index (Phi) is 17.5. The van der Waals surface area contributed by atoms with E-state index in [1.165, 1.54) is 73.4 Å². The van der Waals surface area contributed by atoms with Crippen molar-refractivity contribution in [2.75, 3.05) is 18.5 Å². The van der Waals surface area contributed by atoms with Gasteiger partial charge < -0.3 is 14.2 Å². The smallest absolute Gasteiger partial charge is 0.413 e. The fraction of sp³-hybridized carbons (Fsp3) is 0.304. The van der Waals surface area contributed by atoms with E-state index >= 15 is 0 Å². The number of carbonyl (C=O) groups excluding carboxylic acids is 3. The summed E-state index contributed by atoms with van der Waals surface area (Å²) in [5, 5.41) is 2.57. The van der Waals surface area contributed by atoms with Crippen molar-refractivity contribution >= 4 is 71.9 Å². The molecule has 356 valence electrons. The summed E-state index contributed by atoms with van der Waals surface area (Å²) in [5.41, 5.74) is 6.59. The molecule has 5 heterocycles. The van der Waals surface area contributed by atoms with Gasteiger partial charge in [0.1, 0.15) is 11.4 Å². The van der Waals surface area contributed by atoms with Crippen LogP contribution in [-0.2, 0) is 53.5 Å².